The minimum atomic E-state index is -0.474. The monoisotopic (exact) mass is 348 g/mol. The van der Waals surface area contributed by atoms with Gasteiger partial charge in [0.2, 0.25) is 0 Å². The van der Waals surface area contributed by atoms with E-state index < -0.39 is 11.7 Å². The molecule has 0 aliphatic carbocycles. The molecule has 0 radical (unpaired) electrons. The summed E-state index contributed by atoms with van der Waals surface area (Å²) in [6, 6.07) is 7.61. The summed E-state index contributed by atoms with van der Waals surface area (Å²) < 4.78 is 10.7. The van der Waals surface area contributed by atoms with Crippen LogP contribution in [0.1, 0.15) is 52.0 Å². The summed E-state index contributed by atoms with van der Waals surface area (Å²) >= 11 is 0. The third-order valence-electron chi connectivity index (χ3n) is 4.01. The number of nitrogens with one attached hydrogen (secondary N) is 1. The molecule has 1 saturated heterocycles. The van der Waals surface area contributed by atoms with Crippen LogP contribution >= 0.6 is 0 Å². The molecule has 0 bridgehead atoms. The molecule has 1 aliphatic rings. The normalized spacial score (nSPS) is 15.6. The zero-order chi connectivity index (χ0) is 18.4. The van der Waals surface area contributed by atoms with Gasteiger partial charge in [-0.25, -0.2) is 9.59 Å². The molecule has 0 spiro atoms. The lowest BCUT2D eigenvalue weighted by Gasteiger charge is -2.33. The quantitative estimate of drug-likeness (QED) is 0.899. The minimum Gasteiger partial charge on any atom is -0.444 e. The van der Waals surface area contributed by atoms with Gasteiger partial charge in [-0.3, -0.25) is 0 Å². The Kier molecular flexibility index (Phi) is 6.28. The lowest BCUT2D eigenvalue weighted by atomic mass is 9.89. The molecule has 2 amide bonds. The van der Waals surface area contributed by atoms with E-state index in [1.54, 1.807) is 11.0 Å². The SMILES string of the molecule is CCNC(=O)Oc1cccc(C2CCN(C(=O)OC(C)(C)C)CC2)c1. The van der Waals surface area contributed by atoms with Crippen molar-refractivity contribution in [2.24, 2.45) is 0 Å². The van der Waals surface area contributed by atoms with E-state index in [2.05, 4.69) is 5.32 Å². The summed E-state index contributed by atoms with van der Waals surface area (Å²) in [5, 5.41) is 2.61. The van der Waals surface area contributed by atoms with Crippen LogP contribution in [-0.2, 0) is 4.74 Å². The number of hydrogen-bond acceptors (Lipinski definition) is 4. The summed E-state index contributed by atoms with van der Waals surface area (Å²) in [5.41, 5.74) is 0.657. The van der Waals surface area contributed by atoms with Gasteiger partial charge in [-0.05, 0) is 64.2 Å². The summed E-state index contributed by atoms with van der Waals surface area (Å²) in [4.78, 5) is 25.4. The van der Waals surface area contributed by atoms with E-state index in [1.807, 2.05) is 45.9 Å². The molecule has 1 aliphatic heterocycles. The van der Waals surface area contributed by atoms with Crippen molar-refractivity contribution in [3.05, 3.63) is 29.8 Å². The van der Waals surface area contributed by atoms with Crippen LogP contribution in [0.4, 0.5) is 9.59 Å². The second kappa shape index (κ2) is 8.23. The van der Waals surface area contributed by atoms with Gasteiger partial charge in [0.1, 0.15) is 11.4 Å². The first-order chi connectivity index (χ1) is 11.8. The zero-order valence-electron chi connectivity index (χ0n) is 15.5. The van der Waals surface area contributed by atoms with Crippen LogP contribution < -0.4 is 10.1 Å². The third kappa shape index (κ3) is 5.96. The van der Waals surface area contributed by atoms with Crippen molar-refractivity contribution in [1.82, 2.24) is 10.2 Å². The van der Waals surface area contributed by atoms with Gasteiger partial charge in [0.15, 0.2) is 0 Å². The highest BCUT2D eigenvalue weighted by Crippen LogP contribution is 2.30. The van der Waals surface area contributed by atoms with Gasteiger partial charge >= 0.3 is 12.2 Å². The van der Waals surface area contributed by atoms with Crippen LogP contribution in [0.5, 0.6) is 5.75 Å². The van der Waals surface area contributed by atoms with Gasteiger partial charge in [-0.2, -0.15) is 0 Å². The van der Waals surface area contributed by atoms with E-state index in [4.69, 9.17) is 9.47 Å². The molecular formula is C19H28N2O4. The van der Waals surface area contributed by atoms with Gasteiger partial charge < -0.3 is 19.7 Å². The van der Waals surface area contributed by atoms with Crippen molar-refractivity contribution in [2.75, 3.05) is 19.6 Å². The first kappa shape index (κ1) is 19.1. The maximum atomic E-state index is 12.1. The molecular weight excluding hydrogens is 320 g/mol. The first-order valence-corrected chi connectivity index (χ1v) is 8.82. The van der Waals surface area contributed by atoms with E-state index in [9.17, 15) is 9.59 Å². The lowest BCUT2D eigenvalue weighted by molar-refractivity contribution is 0.0204. The average Bonchev–Trinajstić information content (AvgIpc) is 2.54. The van der Waals surface area contributed by atoms with Gasteiger partial charge in [-0.15, -0.1) is 0 Å². The molecule has 138 valence electrons. The highest BCUT2D eigenvalue weighted by atomic mass is 16.6. The maximum absolute atomic E-state index is 12.1. The van der Waals surface area contributed by atoms with Crippen molar-refractivity contribution in [1.29, 1.82) is 0 Å². The molecule has 6 heteroatoms. The number of carbonyl (C=O) groups is 2. The number of hydrogen-bond donors (Lipinski definition) is 1. The molecule has 2 rings (SSSR count). The largest absolute Gasteiger partial charge is 0.444 e. The summed E-state index contributed by atoms with van der Waals surface area (Å²) in [5.74, 6) is 0.884. The first-order valence-electron chi connectivity index (χ1n) is 8.82. The van der Waals surface area contributed by atoms with Crippen molar-refractivity contribution < 1.29 is 19.1 Å². The molecule has 0 aromatic heterocycles. The van der Waals surface area contributed by atoms with Gasteiger partial charge in [-0.1, -0.05) is 12.1 Å². The highest BCUT2D eigenvalue weighted by molar-refractivity contribution is 5.70. The summed E-state index contributed by atoms with van der Waals surface area (Å²) in [6.07, 6.45) is 1.03. The van der Waals surface area contributed by atoms with Crippen LogP contribution in [-0.4, -0.2) is 42.3 Å². The minimum absolute atomic E-state index is 0.251. The Hall–Kier alpha value is -2.24. The number of piperidine rings is 1. The Balaban J connectivity index is 1.92. The molecule has 0 saturated carbocycles. The van der Waals surface area contributed by atoms with Gasteiger partial charge in [0.05, 0.1) is 0 Å². The number of rotatable bonds is 3. The van der Waals surface area contributed by atoms with Crippen LogP contribution in [0, 0.1) is 0 Å². The second-order valence-electron chi connectivity index (χ2n) is 7.23. The number of ether oxygens (including phenoxy) is 2. The van der Waals surface area contributed by atoms with E-state index in [-0.39, 0.29) is 6.09 Å². The molecule has 25 heavy (non-hydrogen) atoms. The molecule has 0 unspecified atom stereocenters. The Morgan fingerprint density at radius 3 is 2.52 bits per heavy atom. The van der Waals surface area contributed by atoms with Crippen molar-refractivity contribution in [3.63, 3.8) is 0 Å². The summed E-state index contributed by atoms with van der Waals surface area (Å²) in [7, 11) is 0. The number of benzene rings is 1. The van der Waals surface area contributed by atoms with Crippen LogP contribution in [0.15, 0.2) is 24.3 Å². The Labute approximate surface area is 149 Å². The molecule has 6 nitrogen and oxygen atoms in total. The lowest BCUT2D eigenvalue weighted by Crippen LogP contribution is -2.41. The van der Waals surface area contributed by atoms with E-state index in [1.165, 1.54) is 0 Å². The molecule has 0 atom stereocenters. The Morgan fingerprint density at radius 2 is 1.92 bits per heavy atom. The Bertz CT molecular complexity index is 602. The maximum Gasteiger partial charge on any atom is 0.412 e. The number of nitrogens with zero attached hydrogens (tertiary/aromatic N) is 1. The molecule has 1 N–H and O–H groups in total. The molecule has 1 aromatic rings. The molecule has 1 fully saturated rings. The zero-order valence-corrected chi connectivity index (χ0v) is 15.5. The molecule has 1 heterocycles. The van der Waals surface area contributed by atoms with Gasteiger partial charge in [0, 0.05) is 19.6 Å². The Morgan fingerprint density at radius 1 is 1.24 bits per heavy atom. The third-order valence-corrected chi connectivity index (χ3v) is 4.01. The average molecular weight is 348 g/mol. The predicted octanol–water partition coefficient (Wildman–Crippen LogP) is 3.91. The topological polar surface area (TPSA) is 67.9 Å². The highest BCUT2D eigenvalue weighted by Gasteiger charge is 2.27. The van der Waals surface area contributed by atoms with E-state index >= 15 is 0 Å². The predicted molar refractivity (Wildman–Crippen MR) is 95.9 cm³/mol. The van der Waals surface area contributed by atoms with E-state index in [0.717, 1.165) is 18.4 Å². The van der Waals surface area contributed by atoms with Gasteiger partial charge in [0.25, 0.3) is 0 Å². The number of carbonyl (C=O) groups excluding carboxylic acids is 2. The fourth-order valence-electron chi connectivity index (χ4n) is 2.84. The van der Waals surface area contributed by atoms with Crippen LogP contribution in [0.25, 0.3) is 0 Å². The summed E-state index contributed by atoms with van der Waals surface area (Å²) in [6.45, 7) is 9.33. The van der Waals surface area contributed by atoms with E-state index in [0.29, 0.717) is 31.3 Å². The fraction of sp³-hybridized carbons (Fsp3) is 0.579. The second-order valence-corrected chi connectivity index (χ2v) is 7.23. The van der Waals surface area contributed by atoms with Crippen LogP contribution in [0.3, 0.4) is 0 Å². The number of amides is 2. The molecule has 1 aromatic carbocycles. The van der Waals surface area contributed by atoms with Crippen molar-refractivity contribution >= 4 is 12.2 Å². The van der Waals surface area contributed by atoms with Crippen molar-refractivity contribution in [3.8, 4) is 5.75 Å². The standard InChI is InChI=1S/C19H28N2O4/c1-5-20-17(22)24-16-8-6-7-15(13-16)14-9-11-21(12-10-14)18(23)25-19(2,3)4/h6-8,13-14H,5,9-12H2,1-4H3,(H,20,22). The van der Waals surface area contributed by atoms with Crippen LogP contribution in [0.2, 0.25) is 0 Å². The fourth-order valence-corrected chi connectivity index (χ4v) is 2.84. The van der Waals surface area contributed by atoms with Crippen molar-refractivity contribution in [2.45, 2.75) is 52.1 Å². The smallest absolute Gasteiger partial charge is 0.412 e. The number of likely N-dealkylation sites (tertiary alicyclic amines) is 1.